The molecule has 0 bridgehead atoms. The maximum Gasteiger partial charge on any atom is 0.251 e. The molecule has 0 atom stereocenters. The quantitative estimate of drug-likeness (QED) is 0.298. The smallest absolute Gasteiger partial charge is 0.251 e. The lowest BCUT2D eigenvalue weighted by atomic mass is 9.79. The van der Waals surface area contributed by atoms with Gasteiger partial charge in [-0.05, 0) is 61.6 Å². The summed E-state index contributed by atoms with van der Waals surface area (Å²) in [6.07, 6.45) is 0.390. The SMILES string of the molecule is CC(C)(C)c1cc(CNCCC(=O)NCCNC(=O)c2cc(C(C)(C)C)cc(C(C)(C)C)c2)cc(C(C)(C)C)c1. The first-order chi connectivity index (χ1) is 18.2. The molecule has 0 spiro atoms. The van der Waals surface area contributed by atoms with Gasteiger partial charge in [-0.3, -0.25) is 9.59 Å². The van der Waals surface area contributed by atoms with Crippen LogP contribution < -0.4 is 16.0 Å². The molecule has 2 amide bonds. The minimum Gasteiger partial charge on any atom is -0.354 e. The van der Waals surface area contributed by atoms with E-state index >= 15 is 0 Å². The zero-order chi connectivity index (χ0) is 30.5. The highest BCUT2D eigenvalue weighted by molar-refractivity contribution is 5.94. The van der Waals surface area contributed by atoms with Gasteiger partial charge in [0.05, 0.1) is 0 Å². The van der Waals surface area contributed by atoms with Crippen LogP contribution in [0.5, 0.6) is 0 Å². The number of amides is 2. The van der Waals surface area contributed by atoms with Crippen molar-refractivity contribution in [2.45, 2.75) is 118 Å². The number of nitrogens with one attached hydrogen (secondary N) is 3. The lowest BCUT2D eigenvalue weighted by Crippen LogP contribution is -2.36. The van der Waals surface area contributed by atoms with Gasteiger partial charge in [0.15, 0.2) is 0 Å². The second-order valence-electron chi connectivity index (χ2n) is 15.3. The molecular formula is C35H55N3O2. The molecule has 0 saturated carbocycles. The molecule has 2 rings (SSSR count). The minimum atomic E-state index is -0.111. The Balaban J connectivity index is 1.84. The predicted molar refractivity (Wildman–Crippen MR) is 169 cm³/mol. The van der Waals surface area contributed by atoms with E-state index in [9.17, 15) is 9.59 Å². The van der Waals surface area contributed by atoms with E-state index in [-0.39, 0.29) is 33.5 Å². The van der Waals surface area contributed by atoms with Crippen LogP contribution in [-0.2, 0) is 33.0 Å². The van der Waals surface area contributed by atoms with Gasteiger partial charge in [0.25, 0.3) is 5.91 Å². The van der Waals surface area contributed by atoms with E-state index in [4.69, 9.17) is 0 Å². The van der Waals surface area contributed by atoms with Crippen molar-refractivity contribution in [1.29, 1.82) is 0 Å². The van der Waals surface area contributed by atoms with Crippen molar-refractivity contribution in [3.05, 3.63) is 69.8 Å². The maximum absolute atomic E-state index is 12.9. The predicted octanol–water partition coefficient (Wildman–Crippen LogP) is 6.90. The summed E-state index contributed by atoms with van der Waals surface area (Å²) < 4.78 is 0. The van der Waals surface area contributed by atoms with Crippen molar-refractivity contribution in [1.82, 2.24) is 16.0 Å². The van der Waals surface area contributed by atoms with Gasteiger partial charge in [0.2, 0.25) is 5.91 Å². The third-order valence-corrected chi connectivity index (χ3v) is 7.24. The lowest BCUT2D eigenvalue weighted by Gasteiger charge is -2.26. The highest BCUT2D eigenvalue weighted by atomic mass is 16.2. The van der Waals surface area contributed by atoms with Gasteiger partial charge in [0, 0.05) is 38.2 Å². The Morgan fingerprint density at radius 3 is 1.38 bits per heavy atom. The number of carbonyl (C=O) groups excluding carboxylic acids is 2. The number of hydrogen-bond donors (Lipinski definition) is 3. The minimum absolute atomic E-state index is 0.0229. The molecular weight excluding hydrogens is 494 g/mol. The molecule has 0 aliphatic heterocycles. The lowest BCUT2D eigenvalue weighted by molar-refractivity contribution is -0.120. The van der Waals surface area contributed by atoms with Gasteiger partial charge in [0.1, 0.15) is 0 Å². The maximum atomic E-state index is 12.9. The molecule has 2 aromatic carbocycles. The molecule has 2 aromatic rings. The summed E-state index contributed by atoms with van der Waals surface area (Å²) in [4.78, 5) is 25.3. The van der Waals surface area contributed by atoms with Crippen LogP contribution in [0.25, 0.3) is 0 Å². The Hall–Kier alpha value is -2.66. The zero-order valence-corrected chi connectivity index (χ0v) is 27.3. The molecule has 222 valence electrons. The summed E-state index contributed by atoms with van der Waals surface area (Å²) in [7, 11) is 0. The second kappa shape index (κ2) is 12.9. The van der Waals surface area contributed by atoms with E-state index in [1.165, 1.54) is 16.7 Å². The molecule has 0 radical (unpaired) electrons. The Morgan fingerprint density at radius 1 is 0.550 bits per heavy atom. The van der Waals surface area contributed by atoms with Crippen LogP contribution in [0.3, 0.4) is 0 Å². The topological polar surface area (TPSA) is 70.2 Å². The molecule has 0 saturated heterocycles. The standard InChI is InChI=1S/C35H55N3O2/c1-32(2,3)26-17-24(18-27(21-26)33(4,5)6)23-36-14-13-30(39)37-15-16-38-31(40)25-19-28(34(7,8)9)22-29(20-25)35(10,11)12/h17-22,36H,13-16,23H2,1-12H3,(H,37,39)(H,38,40). The molecule has 0 aliphatic carbocycles. The summed E-state index contributed by atoms with van der Waals surface area (Å²) in [5.74, 6) is -0.134. The van der Waals surface area contributed by atoms with Crippen LogP contribution in [0, 0.1) is 0 Å². The van der Waals surface area contributed by atoms with Crippen molar-refractivity contribution in [3.8, 4) is 0 Å². The largest absolute Gasteiger partial charge is 0.354 e. The van der Waals surface area contributed by atoms with Gasteiger partial charge < -0.3 is 16.0 Å². The van der Waals surface area contributed by atoms with Gasteiger partial charge >= 0.3 is 0 Å². The summed E-state index contributed by atoms with van der Waals surface area (Å²) in [5.41, 5.74) is 6.91. The Labute approximate surface area is 244 Å². The van der Waals surface area contributed by atoms with Gasteiger partial charge in [-0.1, -0.05) is 107 Å². The van der Waals surface area contributed by atoms with Crippen molar-refractivity contribution in [3.63, 3.8) is 0 Å². The van der Waals surface area contributed by atoms with Gasteiger partial charge in [-0.2, -0.15) is 0 Å². The highest BCUT2D eigenvalue weighted by Gasteiger charge is 2.23. The fourth-order valence-electron chi connectivity index (χ4n) is 4.29. The van der Waals surface area contributed by atoms with E-state index in [0.29, 0.717) is 31.6 Å². The average molecular weight is 550 g/mol. The van der Waals surface area contributed by atoms with Crippen molar-refractivity contribution in [2.75, 3.05) is 19.6 Å². The molecule has 0 aliphatic rings. The molecule has 40 heavy (non-hydrogen) atoms. The molecule has 0 unspecified atom stereocenters. The van der Waals surface area contributed by atoms with Crippen LogP contribution in [-0.4, -0.2) is 31.4 Å². The van der Waals surface area contributed by atoms with E-state index in [1.54, 1.807) is 0 Å². The Morgan fingerprint density at radius 2 is 0.950 bits per heavy atom. The average Bonchev–Trinajstić information content (AvgIpc) is 2.81. The van der Waals surface area contributed by atoms with Crippen molar-refractivity contribution >= 4 is 11.8 Å². The number of hydrogen-bond acceptors (Lipinski definition) is 3. The Bertz CT molecular complexity index is 1100. The number of benzene rings is 2. The van der Waals surface area contributed by atoms with Gasteiger partial charge in [-0.15, -0.1) is 0 Å². The van der Waals surface area contributed by atoms with E-state index in [2.05, 4.69) is 123 Å². The van der Waals surface area contributed by atoms with Crippen LogP contribution in [0.1, 0.15) is 128 Å². The van der Waals surface area contributed by atoms with Crippen molar-refractivity contribution in [2.24, 2.45) is 0 Å². The molecule has 0 heterocycles. The zero-order valence-electron chi connectivity index (χ0n) is 27.3. The van der Waals surface area contributed by atoms with Crippen LogP contribution >= 0.6 is 0 Å². The third kappa shape index (κ3) is 10.4. The van der Waals surface area contributed by atoms with E-state index in [1.807, 2.05) is 12.1 Å². The first-order valence-corrected chi connectivity index (χ1v) is 14.7. The third-order valence-electron chi connectivity index (χ3n) is 7.24. The fraction of sp³-hybridized carbons (Fsp3) is 0.600. The molecule has 3 N–H and O–H groups in total. The normalized spacial score (nSPS) is 12.8. The molecule has 5 heteroatoms. The molecule has 0 aromatic heterocycles. The summed E-state index contributed by atoms with van der Waals surface area (Å²) in [6.45, 7) is 28.5. The highest BCUT2D eigenvalue weighted by Crippen LogP contribution is 2.31. The summed E-state index contributed by atoms with van der Waals surface area (Å²) in [5, 5.41) is 9.31. The fourth-order valence-corrected chi connectivity index (χ4v) is 4.29. The van der Waals surface area contributed by atoms with Crippen molar-refractivity contribution < 1.29 is 9.59 Å². The molecule has 0 fully saturated rings. The number of carbonyl (C=O) groups is 2. The number of rotatable bonds is 9. The monoisotopic (exact) mass is 549 g/mol. The first-order valence-electron chi connectivity index (χ1n) is 14.7. The summed E-state index contributed by atoms with van der Waals surface area (Å²) in [6, 6.07) is 13.0. The second-order valence-corrected chi connectivity index (χ2v) is 15.3. The van der Waals surface area contributed by atoms with Crippen LogP contribution in [0.15, 0.2) is 36.4 Å². The van der Waals surface area contributed by atoms with Crippen LogP contribution in [0.4, 0.5) is 0 Å². The van der Waals surface area contributed by atoms with Gasteiger partial charge in [-0.25, -0.2) is 0 Å². The first kappa shape index (κ1) is 33.5. The van der Waals surface area contributed by atoms with Crippen LogP contribution in [0.2, 0.25) is 0 Å². The molecule has 5 nitrogen and oxygen atoms in total. The summed E-state index contributed by atoms with van der Waals surface area (Å²) >= 11 is 0. The Kier molecular flexibility index (Phi) is 10.8. The van der Waals surface area contributed by atoms with E-state index < -0.39 is 0 Å². The van der Waals surface area contributed by atoms with E-state index in [0.717, 1.165) is 17.7 Å².